The molecule has 1 aromatic heterocycles. The van der Waals surface area contributed by atoms with Crippen LogP contribution >= 0.6 is 0 Å². The molecule has 0 radical (unpaired) electrons. The van der Waals surface area contributed by atoms with Crippen LogP contribution in [0.5, 0.6) is 0 Å². The van der Waals surface area contributed by atoms with E-state index in [1.165, 1.54) is 0 Å². The van der Waals surface area contributed by atoms with E-state index in [2.05, 4.69) is 10.3 Å². The number of amides is 2. The minimum absolute atomic E-state index is 0.0494. The van der Waals surface area contributed by atoms with Crippen molar-refractivity contribution in [1.29, 1.82) is 0 Å². The van der Waals surface area contributed by atoms with Crippen molar-refractivity contribution < 1.29 is 23.9 Å². The van der Waals surface area contributed by atoms with Gasteiger partial charge in [0.2, 0.25) is 0 Å². The van der Waals surface area contributed by atoms with Gasteiger partial charge >= 0.3 is 6.09 Å². The molecule has 1 aliphatic rings. The summed E-state index contributed by atoms with van der Waals surface area (Å²) in [6, 6.07) is 13.1. The molecular formula is C27H35N3O5. The molecule has 1 N–H and O–H groups in total. The van der Waals surface area contributed by atoms with Crippen molar-refractivity contribution in [1.82, 2.24) is 15.2 Å². The highest BCUT2D eigenvalue weighted by Crippen LogP contribution is 2.18. The standard InChI is InChI=1S/C27H35N3O5/c1-27(2,3)35-26(33)30-13-14-34-22(18-30)11-8-12-24(31)20-16-21(15-19-9-6-5-7-10-19)29-23(17-20)25(32)28-4/h5-7,9-10,16-17,22H,8,11-15,18H2,1-4H3,(H,28,32)/t22-/m0/s1. The largest absolute Gasteiger partial charge is 0.444 e. The lowest BCUT2D eigenvalue weighted by Crippen LogP contribution is -2.47. The number of pyridine rings is 1. The number of hydrogen-bond donors (Lipinski definition) is 1. The van der Waals surface area contributed by atoms with Crippen molar-refractivity contribution >= 4 is 17.8 Å². The van der Waals surface area contributed by atoms with E-state index in [0.717, 1.165) is 5.56 Å². The molecule has 2 amide bonds. The molecule has 8 nitrogen and oxygen atoms in total. The van der Waals surface area contributed by atoms with E-state index in [1.807, 2.05) is 51.1 Å². The molecule has 35 heavy (non-hydrogen) atoms. The summed E-state index contributed by atoms with van der Waals surface area (Å²) in [5, 5.41) is 2.58. The van der Waals surface area contributed by atoms with Gasteiger partial charge in [-0.2, -0.15) is 0 Å². The van der Waals surface area contributed by atoms with Crippen molar-refractivity contribution in [2.75, 3.05) is 26.7 Å². The van der Waals surface area contributed by atoms with Gasteiger partial charge in [0, 0.05) is 37.7 Å². The highest BCUT2D eigenvalue weighted by Gasteiger charge is 2.28. The summed E-state index contributed by atoms with van der Waals surface area (Å²) in [5.41, 5.74) is 1.88. The minimum Gasteiger partial charge on any atom is -0.444 e. The number of morpholine rings is 1. The van der Waals surface area contributed by atoms with Gasteiger partial charge in [0.1, 0.15) is 11.3 Å². The Morgan fingerprint density at radius 2 is 1.91 bits per heavy atom. The Kier molecular flexibility index (Phi) is 8.98. The molecule has 1 aromatic carbocycles. The van der Waals surface area contributed by atoms with E-state index in [-0.39, 0.29) is 29.6 Å². The predicted molar refractivity (Wildman–Crippen MR) is 133 cm³/mol. The van der Waals surface area contributed by atoms with Gasteiger partial charge in [-0.05, 0) is 51.3 Å². The number of nitrogens with zero attached hydrogens (tertiary/aromatic N) is 2. The summed E-state index contributed by atoms with van der Waals surface area (Å²) in [5.74, 6) is -0.376. The monoisotopic (exact) mass is 481 g/mol. The van der Waals surface area contributed by atoms with Gasteiger partial charge < -0.3 is 19.7 Å². The summed E-state index contributed by atoms with van der Waals surface area (Å²) in [6.45, 7) is 6.91. The Morgan fingerprint density at radius 1 is 1.17 bits per heavy atom. The van der Waals surface area contributed by atoms with Crippen molar-refractivity contribution in [3.8, 4) is 0 Å². The molecule has 1 saturated heterocycles. The molecule has 1 fully saturated rings. The lowest BCUT2D eigenvalue weighted by molar-refractivity contribution is -0.0450. The topological polar surface area (TPSA) is 97.8 Å². The number of carbonyl (C=O) groups excluding carboxylic acids is 3. The van der Waals surface area contributed by atoms with E-state index in [4.69, 9.17) is 9.47 Å². The number of rotatable bonds is 8. The molecule has 0 unspecified atom stereocenters. The second-order valence-electron chi connectivity index (χ2n) is 9.71. The van der Waals surface area contributed by atoms with Crippen molar-refractivity contribution in [2.24, 2.45) is 0 Å². The third-order valence-electron chi connectivity index (χ3n) is 5.61. The van der Waals surface area contributed by atoms with Crippen LogP contribution in [0.25, 0.3) is 0 Å². The summed E-state index contributed by atoms with van der Waals surface area (Å²) >= 11 is 0. The van der Waals surface area contributed by atoms with Crippen LogP contribution in [-0.2, 0) is 15.9 Å². The van der Waals surface area contributed by atoms with Crippen molar-refractivity contribution in [3.63, 3.8) is 0 Å². The zero-order chi connectivity index (χ0) is 25.4. The molecule has 1 aliphatic heterocycles. The molecule has 8 heteroatoms. The van der Waals surface area contributed by atoms with E-state index in [9.17, 15) is 14.4 Å². The number of hydrogen-bond acceptors (Lipinski definition) is 6. The molecule has 1 atom stereocenters. The van der Waals surface area contributed by atoms with Gasteiger partial charge in [0.15, 0.2) is 5.78 Å². The van der Waals surface area contributed by atoms with Crippen LogP contribution in [0.2, 0.25) is 0 Å². The van der Waals surface area contributed by atoms with E-state index < -0.39 is 5.60 Å². The molecule has 0 aliphatic carbocycles. The SMILES string of the molecule is CNC(=O)c1cc(C(=O)CCC[C@H]2CN(C(=O)OC(C)(C)C)CCO2)cc(Cc2ccccc2)n1. The average Bonchev–Trinajstić information content (AvgIpc) is 2.83. The molecular weight excluding hydrogens is 446 g/mol. The second-order valence-corrected chi connectivity index (χ2v) is 9.71. The second kappa shape index (κ2) is 11.9. The van der Waals surface area contributed by atoms with E-state index in [1.54, 1.807) is 24.1 Å². The number of benzene rings is 1. The quantitative estimate of drug-likeness (QED) is 0.572. The normalized spacial score (nSPS) is 16.0. The van der Waals surface area contributed by atoms with Gasteiger partial charge in [-0.1, -0.05) is 30.3 Å². The maximum atomic E-state index is 13.0. The van der Waals surface area contributed by atoms with Gasteiger partial charge in [0.25, 0.3) is 5.91 Å². The molecule has 0 saturated carbocycles. The molecule has 0 bridgehead atoms. The lowest BCUT2D eigenvalue weighted by Gasteiger charge is -2.34. The highest BCUT2D eigenvalue weighted by molar-refractivity contribution is 5.99. The third kappa shape index (κ3) is 8.17. The molecule has 188 valence electrons. The summed E-state index contributed by atoms with van der Waals surface area (Å²) in [6.07, 6.45) is 1.62. The zero-order valence-electron chi connectivity index (χ0n) is 21.0. The van der Waals surface area contributed by atoms with Crippen LogP contribution in [-0.4, -0.2) is 66.1 Å². The Labute approximate surface area is 207 Å². The molecule has 2 aromatic rings. The van der Waals surface area contributed by atoms with Gasteiger partial charge in [-0.3, -0.25) is 9.59 Å². The fourth-order valence-corrected chi connectivity index (χ4v) is 3.91. The van der Waals surface area contributed by atoms with Crippen molar-refractivity contribution in [3.05, 3.63) is 65.0 Å². The first-order chi connectivity index (χ1) is 16.6. The number of ether oxygens (including phenoxy) is 2. The predicted octanol–water partition coefficient (Wildman–Crippen LogP) is 4.02. The number of Topliss-reactive ketones (excluding diaryl/α,β-unsaturated/α-hetero) is 1. The third-order valence-corrected chi connectivity index (χ3v) is 5.61. The Bertz CT molecular complexity index is 1030. The smallest absolute Gasteiger partial charge is 0.410 e. The van der Waals surface area contributed by atoms with Crippen molar-refractivity contribution in [2.45, 2.75) is 58.2 Å². The molecule has 0 spiro atoms. The van der Waals surface area contributed by atoms with Crippen LogP contribution in [0.4, 0.5) is 4.79 Å². The fourth-order valence-electron chi connectivity index (χ4n) is 3.91. The molecule has 2 heterocycles. The van der Waals surface area contributed by atoms with Crippen LogP contribution in [0, 0.1) is 0 Å². The van der Waals surface area contributed by atoms with Crippen LogP contribution in [0.3, 0.4) is 0 Å². The van der Waals surface area contributed by atoms with Crippen LogP contribution in [0.1, 0.15) is 72.1 Å². The Morgan fingerprint density at radius 3 is 2.60 bits per heavy atom. The lowest BCUT2D eigenvalue weighted by atomic mass is 10.0. The zero-order valence-corrected chi connectivity index (χ0v) is 21.0. The summed E-state index contributed by atoms with van der Waals surface area (Å²) < 4.78 is 11.3. The number of carbonyl (C=O) groups is 3. The minimum atomic E-state index is -0.547. The Balaban J connectivity index is 1.60. The van der Waals surface area contributed by atoms with Gasteiger partial charge in [0.05, 0.1) is 19.3 Å². The summed E-state index contributed by atoms with van der Waals surface area (Å²) in [7, 11) is 1.54. The number of ketones is 1. The van der Waals surface area contributed by atoms with Gasteiger partial charge in [-0.15, -0.1) is 0 Å². The Hall–Kier alpha value is -3.26. The van der Waals surface area contributed by atoms with Crippen LogP contribution < -0.4 is 5.32 Å². The van der Waals surface area contributed by atoms with Crippen LogP contribution in [0.15, 0.2) is 42.5 Å². The first-order valence-electron chi connectivity index (χ1n) is 12.0. The molecule has 3 rings (SSSR count). The highest BCUT2D eigenvalue weighted by atomic mass is 16.6. The number of nitrogens with one attached hydrogen (secondary N) is 1. The average molecular weight is 482 g/mol. The number of aromatic nitrogens is 1. The fraction of sp³-hybridized carbons (Fsp3) is 0.481. The first-order valence-corrected chi connectivity index (χ1v) is 12.0. The first kappa shape index (κ1) is 26.3. The van der Waals surface area contributed by atoms with Gasteiger partial charge in [-0.25, -0.2) is 9.78 Å². The summed E-state index contributed by atoms with van der Waals surface area (Å²) in [4.78, 5) is 43.7. The maximum absolute atomic E-state index is 13.0. The maximum Gasteiger partial charge on any atom is 0.410 e. The van der Waals surface area contributed by atoms with E-state index in [0.29, 0.717) is 56.6 Å². The van der Waals surface area contributed by atoms with E-state index >= 15 is 0 Å².